The van der Waals surface area contributed by atoms with Crippen molar-refractivity contribution in [3.8, 4) is 0 Å². The molecule has 0 spiro atoms. The van der Waals surface area contributed by atoms with Crippen LogP contribution in [-0.2, 0) is 12.7 Å². The maximum absolute atomic E-state index is 13.1. The summed E-state index contributed by atoms with van der Waals surface area (Å²) in [6, 6.07) is 7.58. The SMILES string of the molecule is C[C@@H](NC(=O)N(C)Cc1cccnc1)c1ccccc1C(F)(F)F. The molecule has 0 unspecified atom stereocenters. The molecule has 0 saturated heterocycles. The van der Waals surface area contributed by atoms with Gasteiger partial charge >= 0.3 is 12.2 Å². The normalized spacial score (nSPS) is 12.5. The fraction of sp³-hybridized carbons (Fsp3) is 0.294. The van der Waals surface area contributed by atoms with E-state index in [-0.39, 0.29) is 5.56 Å². The minimum Gasteiger partial charge on any atom is -0.331 e. The number of amides is 2. The Morgan fingerprint density at radius 1 is 1.25 bits per heavy atom. The lowest BCUT2D eigenvalue weighted by atomic mass is 10.0. The predicted octanol–water partition coefficient (Wildman–Crippen LogP) is 4.00. The number of halogens is 3. The molecule has 1 aromatic heterocycles. The van der Waals surface area contributed by atoms with Gasteiger partial charge in [0.15, 0.2) is 0 Å². The number of pyridine rings is 1. The number of aromatic nitrogens is 1. The minimum absolute atomic E-state index is 0.0353. The van der Waals surface area contributed by atoms with Gasteiger partial charge in [0.1, 0.15) is 0 Å². The summed E-state index contributed by atoms with van der Waals surface area (Å²) >= 11 is 0. The number of carbonyl (C=O) groups is 1. The smallest absolute Gasteiger partial charge is 0.331 e. The molecule has 1 N–H and O–H groups in total. The minimum atomic E-state index is -4.46. The Labute approximate surface area is 138 Å². The van der Waals surface area contributed by atoms with Crippen LogP contribution in [0.2, 0.25) is 0 Å². The molecule has 7 heteroatoms. The zero-order valence-electron chi connectivity index (χ0n) is 13.3. The van der Waals surface area contributed by atoms with Crippen LogP contribution in [0, 0.1) is 0 Å². The fourth-order valence-corrected chi connectivity index (χ4v) is 2.34. The molecule has 1 aromatic carbocycles. The Morgan fingerprint density at radius 3 is 2.58 bits per heavy atom. The summed E-state index contributed by atoms with van der Waals surface area (Å²) in [6.07, 6.45) is -1.21. The molecular weight excluding hydrogens is 319 g/mol. The van der Waals surface area contributed by atoms with Gasteiger partial charge in [-0.15, -0.1) is 0 Å². The summed E-state index contributed by atoms with van der Waals surface area (Å²) in [5, 5.41) is 2.60. The van der Waals surface area contributed by atoms with Gasteiger partial charge in [-0.05, 0) is 30.2 Å². The molecule has 128 valence electrons. The summed E-state index contributed by atoms with van der Waals surface area (Å²) in [7, 11) is 1.57. The van der Waals surface area contributed by atoms with E-state index in [0.29, 0.717) is 6.54 Å². The number of benzene rings is 1. The van der Waals surface area contributed by atoms with E-state index in [4.69, 9.17) is 0 Å². The molecule has 24 heavy (non-hydrogen) atoms. The molecule has 0 bridgehead atoms. The molecule has 2 rings (SSSR count). The van der Waals surface area contributed by atoms with E-state index >= 15 is 0 Å². The van der Waals surface area contributed by atoms with Crippen molar-refractivity contribution in [1.29, 1.82) is 0 Å². The van der Waals surface area contributed by atoms with Crippen molar-refractivity contribution in [3.05, 3.63) is 65.5 Å². The second-order valence-electron chi connectivity index (χ2n) is 5.47. The van der Waals surface area contributed by atoms with Crippen LogP contribution in [-0.4, -0.2) is 23.0 Å². The highest BCUT2D eigenvalue weighted by atomic mass is 19.4. The van der Waals surface area contributed by atoms with Crippen molar-refractivity contribution < 1.29 is 18.0 Å². The lowest BCUT2D eigenvalue weighted by molar-refractivity contribution is -0.138. The fourth-order valence-electron chi connectivity index (χ4n) is 2.34. The van der Waals surface area contributed by atoms with Crippen LogP contribution in [0.3, 0.4) is 0 Å². The average molecular weight is 337 g/mol. The van der Waals surface area contributed by atoms with Crippen molar-refractivity contribution in [3.63, 3.8) is 0 Å². The van der Waals surface area contributed by atoms with Crippen molar-refractivity contribution in [2.45, 2.75) is 25.7 Å². The first kappa shape index (κ1) is 17.8. The summed E-state index contributed by atoms with van der Waals surface area (Å²) in [5.74, 6) is 0. The van der Waals surface area contributed by atoms with E-state index in [0.717, 1.165) is 11.6 Å². The number of nitrogens with one attached hydrogen (secondary N) is 1. The van der Waals surface area contributed by atoms with E-state index in [1.165, 1.54) is 30.0 Å². The lowest BCUT2D eigenvalue weighted by Gasteiger charge is -2.23. The highest BCUT2D eigenvalue weighted by Crippen LogP contribution is 2.34. The molecule has 1 heterocycles. The lowest BCUT2D eigenvalue weighted by Crippen LogP contribution is -2.38. The van der Waals surface area contributed by atoms with Gasteiger partial charge in [0.2, 0.25) is 0 Å². The zero-order chi connectivity index (χ0) is 17.7. The third kappa shape index (κ3) is 4.47. The Hall–Kier alpha value is -2.57. The Bertz CT molecular complexity index is 689. The van der Waals surface area contributed by atoms with E-state index in [9.17, 15) is 18.0 Å². The number of nitrogens with zero attached hydrogens (tertiary/aromatic N) is 2. The number of rotatable bonds is 4. The largest absolute Gasteiger partial charge is 0.416 e. The molecular formula is C17H18F3N3O. The molecule has 0 aliphatic rings. The van der Waals surface area contributed by atoms with E-state index in [1.807, 2.05) is 6.07 Å². The van der Waals surface area contributed by atoms with Gasteiger partial charge in [-0.2, -0.15) is 13.2 Å². The first-order valence-electron chi connectivity index (χ1n) is 7.35. The predicted molar refractivity (Wildman–Crippen MR) is 84.1 cm³/mol. The van der Waals surface area contributed by atoms with E-state index < -0.39 is 23.8 Å². The summed E-state index contributed by atoms with van der Waals surface area (Å²) in [4.78, 5) is 17.6. The van der Waals surface area contributed by atoms with Crippen LogP contribution in [0.1, 0.15) is 29.7 Å². The van der Waals surface area contributed by atoms with Crippen molar-refractivity contribution >= 4 is 6.03 Å². The standard InChI is InChI=1S/C17H18F3N3O/c1-12(14-7-3-4-8-15(14)17(18,19)20)22-16(24)23(2)11-13-6-5-9-21-10-13/h3-10,12H,11H2,1-2H3,(H,22,24)/t12-/m1/s1. The summed E-state index contributed by atoms with van der Waals surface area (Å²) in [5.41, 5.74) is 0.124. The topological polar surface area (TPSA) is 45.2 Å². The second kappa shape index (κ2) is 7.33. The molecule has 0 aliphatic heterocycles. The quantitative estimate of drug-likeness (QED) is 0.916. The van der Waals surface area contributed by atoms with Crippen molar-refractivity contribution in [2.24, 2.45) is 0 Å². The van der Waals surface area contributed by atoms with Crippen LogP contribution in [0.25, 0.3) is 0 Å². The molecule has 0 radical (unpaired) electrons. The van der Waals surface area contributed by atoms with Gasteiger partial charge in [-0.3, -0.25) is 4.98 Å². The summed E-state index contributed by atoms with van der Waals surface area (Å²) in [6.45, 7) is 1.84. The highest BCUT2D eigenvalue weighted by Gasteiger charge is 2.34. The number of urea groups is 1. The van der Waals surface area contributed by atoms with Gasteiger partial charge in [-0.1, -0.05) is 24.3 Å². The monoisotopic (exact) mass is 337 g/mol. The van der Waals surface area contributed by atoms with Crippen LogP contribution >= 0.6 is 0 Å². The maximum atomic E-state index is 13.1. The van der Waals surface area contributed by atoms with Crippen molar-refractivity contribution in [2.75, 3.05) is 7.05 Å². The Morgan fingerprint density at radius 2 is 1.96 bits per heavy atom. The van der Waals surface area contributed by atoms with Gasteiger partial charge < -0.3 is 10.2 Å². The number of alkyl halides is 3. The van der Waals surface area contributed by atoms with Crippen LogP contribution in [0.15, 0.2) is 48.8 Å². The van der Waals surface area contributed by atoms with Gasteiger partial charge in [0.25, 0.3) is 0 Å². The van der Waals surface area contributed by atoms with Gasteiger partial charge in [-0.25, -0.2) is 4.79 Å². The van der Waals surface area contributed by atoms with E-state index in [2.05, 4.69) is 10.3 Å². The molecule has 0 aliphatic carbocycles. The van der Waals surface area contributed by atoms with Crippen LogP contribution in [0.5, 0.6) is 0 Å². The highest BCUT2D eigenvalue weighted by molar-refractivity contribution is 5.74. The first-order chi connectivity index (χ1) is 11.3. The molecule has 4 nitrogen and oxygen atoms in total. The summed E-state index contributed by atoms with van der Waals surface area (Å²) < 4.78 is 39.2. The van der Waals surface area contributed by atoms with Crippen LogP contribution in [0.4, 0.5) is 18.0 Å². The third-order valence-electron chi connectivity index (χ3n) is 3.56. The number of hydrogen-bond donors (Lipinski definition) is 1. The average Bonchev–Trinajstić information content (AvgIpc) is 2.55. The maximum Gasteiger partial charge on any atom is 0.416 e. The number of carbonyl (C=O) groups excluding carboxylic acids is 1. The third-order valence-corrected chi connectivity index (χ3v) is 3.56. The molecule has 2 amide bonds. The van der Waals surface area contributed by atoms with Crippen LogP contribution < -0.4 is 5.32 Å². The first-order valence-corrected chi connectivity index (χ1v) is 7.35. The Kier molecular flexibility index (Phi) is 5.43. The molecule has 0 saturated carbocycles. The number of hydrogen-bond acceptors (Lipinski definition) is 2. The van der Waals surface area contributed by atoms with E-state index in [1.54, 1.807) is 25.5 Å². The van der Waals surface area contributed by atoms with Gasteiger partial charge in [0.05, 0.1) is 11.6 Å². The zero-order valence-corrected chi connectivity index (χ0v) is 13.3. The molecule has 0 fully saturated rings. The molecule has 2 aromatic rings. The molecule has 1 atom stereocenters. The van der Waals surface area contributed by atoms with Gasteiger partial charge in [0, 0.05) is 26.0 Å². The van der Waals surface area contributed by atoms with Crippen molar-refractivity contribution in [1.82, 2.24) is 15.2 Å². The Balaban J connectivity index is 2.07. The second-order valence-corrected chi connectivity index (χ2v) is 5.47.